The molecule has 2 heteroatoms. The second-order valence-corrected chi connectivity index (χ2v) is 4.79. The maximum absolute atomic E-state index is 11.4. The second kappa shape index (κ2) is 8.37. The smallest absolute Gasteiger partial charge is 0.305 e. The maximum atomic E-state index is 11.4. The Morgan fingerprint density at radius 3 is 2.69 bits per heavy atom. The van der Waals surface area contributed by atoms with E-state index >= 15 is 0 Å². The van der Waals surface area contributed by atoms with E-state index in [-0.39, 0.29) is 5.97 Å². The third-order valence-corrected chi connectivity index (χ3v) is 3.01. The number of carbonyl (C=O) groups excluding carboxylic acids is 1. The number of ether oxygens (including phenoxy) is 1. The molecule has 0 saturated heterocycles. The van der Waals surface area contributed by atoms with Gasteiger partial charge >= 0.3 is 5.97 Å². The summed E-state index contributed by atoms with van der Waals surface area (Å²) < 4.78 is 5.24. The van der Waals surface area contributed by atoms with Gasteiger partial charge in [-0.15, -0.1) is 0 Å². The van der Waals surface area contributed by atoms with Gasteiger partial charge in [0.15, 0.2) is 0 Å². The lowest BCUT2D eigenvalue weighted by atomic mass is 10.0. The topological polar surface area (TPSA) is 26.3 Å². The fourth-order valence-corrected chi connectivity index (χ4v) is 1.92. The first-order valence-corrected chi connectivity index (χ1v) is 6.59. The van der Waals surface area contributed by atoms with Crippen molar-refractivity contribution in [3.05, 3.63) is 12.2 Å². The predicted molar refractivity (Wildman–Crippen MR) is 66.2 cm³/mol. The first kappa shape index (κ1) is 13.3. The molecule has 1 rings (SSSR count). The van der Waals surface area contributed by atoms with Gasteiger partial charge in [-0.2, -0.15) is 0 Å². The molecule has 0 fully saturated rings. The molecule has 0 aromatic heterocycles. The summed E-state index contributed by atoms with van der Waals surface area (Å²) in [5, 5.41) is 0. The Balaban J connectivity index is 2.30. The molecular formula is C14H24O2. The maximum Gasteiger partial charge on any atom is 0.305 e. The molecule has 0 bridgehead atoms. The summed E-state index contributed by atoms with van der Waals surface area (Å²) in [6, 6.07) is 0. The van der Waals surface area contributed by atoms with Crippen LogP contribution in [0.1, 0.15) is 58.3 Å². The van der Waals surface area contributed by atoms with Crippen molar-refractivity contribution in [2.45, 2.75) is 58.3 Å². The van der Waals surface area contributed by atoms with E-state index in [0.29, 0.717) is 18.9 Å². The molecule has 2 nitrogen and oxygen atoms in total. The second-order valence-electron chi connectivity index (χ2n) is 4.79. The summed E-state index contributed by atoms with van der Waals surface area (Å²) in [6.45, 7) is 2.76. The molecule has 1 aliphatic rings. The highest BCUT2D eigenvalue weighted by Gasteiger charge is 2.07. The van der Waals surface area contributed by atoms with Gasteiger partial charge in [-0.25, -0.2) is 0 Å². The molecule has 1 aliphatic heterocycles. The lowest BCUT2D eigenvalue weighted by Crippen LogP contribution is -2.11. The first-order valence-electron chi connectivity index (χ1n) is 6.59. The summed E-state index contributed by atoms with van der Waals surface area (Å²) in [5.74, 6) is 0.486. The predicted octanol–water partition coefficient (Wildman–Crippen LogP) is 3.86. The summed E-state index contributed by atoms with van der Waals surface area (Å²) in [5.41, 5.74) is 0. The van der Waals surface area contributed by atoms with E-state index in [4.69, 9.17) is 4.74 Å². The Bertz CT molecular complexity index is 221. The summed E-state index contributed by atoms with van der Waals surface area (Å²) >= 11 is 0. The van der Waals surface area contributed by atoms with Crippen LogP contribution in [0, 0.1) is 5.92 Å². The van der Waals surface area contributed by atoms with Gasteiger partial charge in [0.05, 0.1) is 6.61 Å². The number of hydrogen-bond donors (Lipinski definition) is 0. The highest BCUT2D eigenvalue weighted by molar-refractivity contribution is 5.69. The van der Waals surface area contributed by atoms with Crippen molar-refractivity contribution >= 4 is 5.97 Å². The van der Waals surface area contributed by atoms with Crippen LogP contribution in [0.25, 0.3) is 0 Å². The average Bonchev–Trinajstić information content (AvgIpc) is 2.28. The Kier molecular flexibility index (Phi) is 6.95. The first-order chi connectivity index (χ1) is 7.79. The lowest BCUT2D eigenvalue weighted by Gasteiger charge is -2.11. The van der Waals surface area contributed by atoms with E-state index in [2.05, 4.69) is 19.1 Å². The number of hydrogen-bond acceptors (Lipinski definition) is 2. The number of carbonyl (C=O) groups is 1. The molecule has 0 spiro atoms. The molecule has 1 atom stereocenters. The summed E-state index contributed by atoms with van der Waals surface area (Å²) in [6.07, 6.45) is 13.2. The van der Waals surface area contributed by atoms with Gasteiger partial charge < -0.3 is 4.74 Å². The van der Waals surface area contributed by atoms with Crippen molar-refractivity contribution in [2.75, 3.05) is 6.61 Å². The Labute approximate surface area is 99.1 Å². The van der Waals surface area contributed by atoms with Crippen LogP contribution in [-0.4, -0.2) is 12.6 Å². The van der Waals surface area contributed by atoms with Gasteiger partial charge in [-0.05, 0) is 44.4 Å². The average molecular weight is 224 g/mol. The Morgan fingerprint density at radius 2 is 1.88 bits per heavy atom. The van der Waals surface area contributed by atoms with Crippen molar-refractivity contribution in [3.63, 3.8) is 0 Å². The molecule has 0 aliphatic carbocycles. The molecule has 0 aromatic carbocycles. The Hall–Kier alpha value is -0.790. The molecule has 0 aromatic rings. The van der Waals surface area contributed by atoms with E-state index in [1.165, 1.54) is 12.8 Å². The highest BCUT2D eigenvalue weighted by atomic mass is 16.5. The SMILES string of the molecule is CC1CCC/C=C/CCCCCC(=O)OC1. The number of allylic oxidation sites excluding steroid dienone is 2. The molecular weight excluding hydrogens is 200 g/mol. The van der Waals surface area contributed by atoms with Crippen LogP contribution in [-0.2, 0) is 9.53 Å². The monoisotopic (exact) mass is 224 g/mol. The number of cyclic esters (lactones) is 1. The van der Waals surface area contributed by atoms with E-state index < -0.39 is 0 Å². The van der Waals surface area contributed by atoms with Gasteiger partial charge in [0.1, 0.15) is 0 Å². The lowest BCUT2D eigenvalue weighted by molar-refractivity contribution is -0.145. The molecule has 0 saturated carbocycles. The molecule has 0 radical (unpaired) electrons. The fraction of sp³-hybridized carbons (Fsp3) is 0.786. The van der Waals surface area contributed by atoms with Crippen LogP contribution >= 0.6 is 0 Å². The van der Waals surface area contributed by atoms with Crippen molar-refractivity contribution in [3.8, 4) is 0 Å². The minimum Gasteiger partial charge on any atom is -0.465 e. The molecule has 0 N–H and O–H groups in total. The Morgan fingerprint density at radius 1 is 1.12 bits per heavy atom. The van der Waals surface area contributed by atoms with Crippen LogP contribution in [0.4, 0.5) is 0 Å². The van der Waals surface area contributed by atoms with E-state index in [9.17, 15) is 4.79 Å². The van der Waals surface area contributed by atoms with Crippen molar-refractivity contribution < 1.29 is 9.53 Å². The zero-order valence-corrected chi connectivity index (χ0v) is 10.4. The quantitative estimate of drug-likeness (QED) is 0.461. The zero-order chi connectivity index (χ0) is 11.6. The van der Waals surface area contributed by atoms with Gasteiger partial charge in [0.2, 0.25) is 0 Å². The fourth-order valence-electron chi connectivity index (χ4n) is 1.92. The molecule has 1 unspecified atom stereocenters. The zero-order valence-electron chi connectivity index (χ0n) is 10.4. The van der Waals surface area contributed by atoms with Crippen molar-refractivity contribution in [2.24, 2.45) is 5.92 Å². The minimum absolute atomic E-state index is 0.0144. The van der Waals surface area contributed by atoms with Gasteiger partial charge in [-0.1, -0.05) is 25.5 Å². The largest absolute Gasteiger partial charge is 0.465 e. The van der Waals surface area contributed by atoms with Crippen LogP contribution in [0.2, 0.25) is 0 Å². The third-order valence-electron chi connectivity index (χ3n) is 3.01. The van der Waals surface area contributed by atoms with Crippen molar-refractivity contribution in [1.29, 1.82) is 0 Å². The number of rotatable bonds is 0. The summed E-state index contributed by atoms with van der Waals surface area (Å²) in [4.78, 5) is 11.4. The van der Waals surface area contributed by atoms with Crippen LogP contribution in [0.3, 0.4) is 0 Å². The molecule has 0 amide bonds. The third kappa shape index (κ3) is 6.65. The molecule has 92 valence electrons. The van der Waals surface area contributed by atoms with E-state index in [1.807, 2.05) is 0 Å². The molecule has 1 heterocycles. The van der Waals surface area contributed by atoms with Gasteiger partial charge in [-0.3, -0.25) is 4.79 Å². The number of esters is 1. The standard InChI is InChI=1S/C14H24O2/c1-13-10-8-6-4-2-3-5-7-9-11-14(15)16-12-13/h2,4,13H,3,5-12H2,1H3/b4-2+. The summed E-state index contributed by atoms with van der Waals surface area (Å²) in [7, 11) is 0. The van der Waals surface area contributed by atoms with E-state index in [0.717, 1.165) is 32.1 Å². The minimum atomic E-state index is -0.0144. The van der Waals surface area contributed by atoms with Gasteiger partial charge in [0.25, 0.3) is 0 Å². The highest BCUT2D eigenvalue weighted by Crippen LogP contribution is 2.12. The van der Waals surface area contributed by atoms with Crippen molar-refractivity contribution in [1.82, 2.24) is 0 Å². The normalized spacial score (nSPS) is 27.8. The van der Waals surface area contributed by atoms with E-state index in [1.54, 1.807) is 0 Å². The van der Waals surface area contributed by atoms with Crippen LogP contribution in [0.15, 0.2) is 12.2 Å². The van der Waals surface area contributed by atoms with Crippen LogP contribution in [0.5, 0.6) is 0 Å². The van der Waals surface area contributed by atoms with Crippen LogP contribution < -0.4 is 0 Å². The molecule has 16 heavy (non-hydrogen) atoms. The van der Waals surface area contributed by atoms with Gasteiger partial charge in [0, 0.05) is 6.42 Å².